The van der Waals surface area contributed by atoms with E-state index in [1.807, 2.05) is 4.90 Å². The number of hydrogen-bond donors (Lipinski definition) is 3. The summed E-state index contributed by atoms with van der Waals surface area (Å²) in [7, 11) is 0. The number of aromatic nitrogens is 2. The minimum atomic E-state index is -4.39. The molecule has 0 aliphatic carbocycles. The number of alkyl halides is 3. The van der Waals surface area contributed by atoms with Gasteiger partial charge in [0.15, 0.2) is 10.1 Å². The molecule has 1 aliphatic rings. The van der Waals surface area contributed by atoms with Crippen molar-refractivity contribution in [2.75, 3.05) is 18.4 Å². The lowest BCUT2D eigenvalue weighted by Crippen LogP contribution is -2.51. The SMILES string of the molecule is NC(=O)c1nc(CO)c(-c2csc(NC(=O)C3CN(Cc4cccc(C(F)(F)F)c4)C3)n2)s1. The summed E-state index contributed by atoms with van der Waals surface area (Å²) in [5.41, 5.74) is 5.82. The maximum Gasteiger partial charge on any atom is 0.416 e. The molecule has 1 fully saturated rings. The predicted molar refractivity (Wildman–Crippen MR) is 117 cm³/mol. The first-order valence-electron chi connectivity index (χ1n) is 9.69. The molecule has 0 unspecified atom stereocenters. The van der Waals surface area contributed by atoms with Crippen LogP contribution in [-0.4, -0.2) is 44.9 Å². The summed E-state index contributed by atoms with van der Waals surface area (Å²) in [4.78, 5) is 34.6. The molecule has 2 amide bonds. The molecule has 0 atom stereocenters. The van der Waals surface area contributed by atoms with Crippen LogP contribution in [-0.2, 0) is 24.1 Å². The third-order valence-corrected chi connectivity index (χ3v) is 6.91. The van der Waals surface area contributed by atoms with Crippen molar-refractivity contribution < 1.29 is 27.9 Å². The highest BCUT2D eigenvalue weighted by Gasteiger charge is 2.34. The van der Waals surface area contributed by atoms with Crippen LogP contribution in [0.1, 0.15) is 26.6 Å². The summed E-state index contributed by atoms with van der Waals surface area (Å²) in [6.07, 6.45) is -4.39. The Balaban J connectivity index is 1.33. The highest BCUT2D eigenvalue weighted by molar-refractivity contribution is 7.18. The second kappa shape index (κ2) is 9.17. The summed E-state index contributed by atoms with van der Waals surface area (Å²) in [6, 6.07) is 5.15. The summed E-state index contributed by atoms with van der Waals surface area (Å²) >= 11 is 2.20. The minimum absolute atomic E-state index is 0.0583. The number of anilines is 1. The van der Waals surface area contributed by atoms with Crippen molar-refractivity contribution in [3.05, 3.63) is 51.5 Å². The van der Waals surface area contributed by atoms with Crippen LogP contribution in [0.15, 0.2) is 29.6 Å². The number of hydrogen-bond acceptors (Lipinski definition) is 8. The number of primary amides is 1. The Kier molecular flexibility index (Phi) is 6.47. The number of amides is 2. The zero-order valence-electron chi connectivity index (χ0n) is 16.9. The number of aliphatic hydroxyl groups excluding tert-OH is 1. The number of nitrogens with zero attached hydrogens (tertiary/aromatic N) is 3. The van der Waals surface area contributed by atoms with E-state index in [0.717, 1.165) is 23.5 Å². The number of rotatable bonds is 7. The molecule has 4 N–H and O–H groups in total. The van der Waals surface area contributed by atoms with Crippen molar-refractivity contribution >= 4 is 39.6 Å². The van der Waals surface area contributed by atoms with Crippen molar-refractivity contribution in [3.63, 3.8) is 0 Å². The number of nitrogens with two attached hydrogens (primary N) is 1. The van der Waals surface area contributed by atoms with Crippen LogP contribution in [0, 0.1) is 5.92 Å². The normalized spacial score (nSPS) is 14.8. The lowest BCUT2D eigenvalue weighted by atomic mass is 9.98. The van der Waals surface area contributed by atoms with E-state index in [1.54, 1.807) is 11.4 Å². The molecule has 0 bridgehead atoms. The Hall–Kier alpha value is -2.87. The summed E-state index contributed by atoms with van der Waals surface area (Å²) in [5, 5.41) is 14.3. The van der Waals surface area contributed by atoms with Gasteiger partial charge in [-0.1, -0.05) is 18.2 Å². The van der Waals surface area contributed by atoms with Gasteiger partial charge in [0, 0.05) is 25.0 Å². The van der Waals surface area contributed by atoms with Crippen molar-refractivity contribution in [3.8, 4) is 10.6 Å². The lowest BCUT2D eigenvalue weighted by molar-refractivity contribution is -0.137. The van der Waals surface area contributed by atoms with Gasteiger partial charge in [-0.25, -0.2) is 9.97 Å². The van der Waals surface area contributed by atoms with Gasteiger partial charge >= 0.3 is 6.18 Å². The third kappa shape index (κ3) is 5.21. The first kappa shape index (κ1) is 23.3. The van der Waals surface area contributed by atoms with Gasteiger partial charge in [-0.2, -0.15) is 13.2 Å². The number of carbonyl (C=O) groups excluding carboxylic acids is 2. The molecule has 1 aliphatic heterocycles. The van der Waals surface area contributed by atoms with Crippen LogP contribution in [0.2, 0.25) is 0 Å². The molecule has 33 heavy (non-hydrogen) atoms. The van der Waals surface area contributed by atoms with Gasteiger partial charge in [0.25, 0.3) is 5.91 Å². The first-order valence-corrected chi connectivity index (χ1v) is 11.4. The first-order chi connectivity index (χ1) is 15.6. The number of likely N-dealkylation sites (tertiary alicyclic amines) is 1. The van der Waals surface area contributed by atoms with Crippen LogP contribution < -0.4 is 11.1 Å². The monoisotopic (exact) mass is 497 g/mol. The van der Waals surface area contributed by atoms with Crippen LogP contribution >= 0.6 is 22.7 Å². The second-order valence-electron chi connectivity index (χ2n) is 7.43. The van der Waals surface area contributed by atoms with E-state index in [9.17, 15) is 27.9 Å². The number of nitrogens with one attached hydrogen (secondary N) is 1. The van der Waals surface area contributed by atoms with Gasteiger partial charge in [0.05, 0.1) is 34.4 Å². The maximum absolute atomic E-state index is 12.9. The van der Waals surface area contributed by atoms with Crippen molar-refractivity contribution in [1.82, 2.24) is 14.9 Å². The molecule has 0 saturated carbocycles. The predicted octanol–water partition coefficient (Wildman–Crippen LogP) is 2.95. The molecular weight excluding hydrogens is 479 g/mol. The average Bonchev–Trinajstić information content (AvgIpc) is 3.36. The molecule has 3 heterocycles. The van der Waals surface area contributed by atoms with Gasteiger partial charge in [0.1, 0.15) is 0 Å². The molecule has 0 radical (unpaired) electrons. The van der Waals surface area contributed by atoms with Gasteiger partial charge in [0.2, 0.25) is 5.91 Å². The fourth-order valence-electron chi connectivity index (χ4n) is 3.38. The molecule has 4 rings (SSSR count). The molecule has 3 aromatic rings. The van der Waals surface area contributed by atoms with Crippen LogP contribution in [0.3, 0.4) is 0 Å². The number of thiazole rings is 2. The molecule has 1 aromatic carbocycles. The van der Waals surface area contributed by atoms with Gasteiger partial charge < -0.3 is 16.2 Å². The van der Waals surface area contributed by atoms with E-state index in [4.69, 9.17) is 5.73 Å². The van der Waals surface area contributed by atoms with Gasteiger partial charge in [-0.3, -0.25) is 14.5 Å². The Bertz CT molecular complexity index is 1190. The van der Waals surface area contributed by atoms with E-state index in [0.29, 0.717) is 40.9 Å². The summed E-state index contributed by atoms with van der Waals surface area (Å²) in [5.74, 6) is -1.24. The number of carbonyl (C=O) groups is 2. The van der Waals surface area contributed by atoms with Gasteiger partial charge in [-0.05, 0) is 11.6 Å². The van der Waals surface area contributed by atoms with Crippen LogP contribution in [0.5, 0.6) is 0 Å². The quantitative estimate of drug-likeness (QED) is 0.462. The molecular formula is C20H18F3N5O3S2. The zero-order chi connectivity index (χ0) is 23.8. The fraction of sp³-hybridized carbons (Fsp3) is 0.300. The molecule has 13 heteroatoms. The number of halogens is 3. The fourth-order valence-corrected chi connectivity index (χ4v) is 5.04. The Morgan fingerprint density at radius 3 is 2.70 bits per heavy atom. The Labute approximate surface area is 193 Å². The van der Waals surface area contributed by atoms with E-state index < -0.39 is 17.6 Å². The molecule has 0 spiro atoms. The second-order valence-corrected chi connectivity index (χ2v) is 9.29. The highest BCUT2D eigenvalue weighted by Crippen LogP contribution is 2.33. The van der Waals surface area contributed by atoms with E-state index in [1.165, 1.54) is 17.4 Å². The topological polar surface area (TPSA) is 121 Å². The lowest BCUT2D eigenvalue weighted by Gasteiger charge is -2.38. The van der Waals surface area contributed by atoms with Crippen molar-refractivity contribution in [1.29, 1.82) is 0 Å². The summed E-state index contributed by atoms with van der Waals surface area (Å²) in [6.45, 7) is 0.784. The molecule has 8 nitrogen and oxygen atoms in total. The molecule has 174 valence electrons. The standard InChI is InChI=1S/C20H18F3N5O3S2/c21-20(22,23)12-3-1-2-10(4-12)5-28-6-11(7-28)17(31)27-19-26-14(9-32-19)15-13(8-29)25-18(33-15)16(24)30/h1-4,9,11,29H,5-8H2,(H2,24,30)(H,26,27,31). The number of benzene rings is 1. The van der Waals surface area contributed by atoms with E-state index in [2.05, 4.69) is 15.3 Å². The molecule has 2 aromatic heterocycles. The van der Waals surface area contributed by atoms with E-state index >= 15 is 0 Å². The highest BCUT2D eigenvalue weighted by atomic mass is 32.1. The zero-order valence-corrected chi connectivity index (χ0v) is 18.6. The molecule has 1 saturated heterocycles. The van der Waals surface area contributed by atoms with E-state index in [-0.39, 0.29) is 29.1 Å². The van der Waals surface area contributed by atoms with Crippen molar-refractivity contribution in [2.45, 2.75) is 19.3 Å². The smallest absolute Gasteiger partial charge is 0.390 e. The van der Waals surface area contributed by atoms with Gasteiger partial charge in [-0.15, -0.1) is 22.7 Å². The van der Waals surface area contributed by atoms with Crippen LogP contribution in [0.25, 0.3) is 10.6 Å². The average molecular weight is 498 g/mol. The third-order valence-electron chi connectivity index (χ3n) is 5.01. The summed E-state index contributed by atoms with van der Waals surface area (Å²) < 4.78 is 38.6. The maximum atomic E-state index is 12.9. The largest absolute Gasteiger partial charge is 0.416 e. The number of aliphatic hydroxyl groups is 1. The van der Waals surface area contributed by atoms with Crippen LogP contribution in [0.4, 0.5) is 18.3 Å². The Morgan fingerprint density at radius 1 is 1.27 bits per heavy atom. The van der Waals surface area contributed by atoms with Crippen molar-refractivity contribution in [2.24, 2.45) is 11.7 Å². The Morgan fingerprint density at radius 2 is 2.03 bits per heavy atom. The minimum Gasteiger partial charge on any atom is -0.390 e.